The van der Waals surface area contributed by atoms with Crippen LogP contribution in [-0.4, -0.2) is 23.2 Å². The monoisotopic (exact) mass is 247 g/mol. The summed E-state index contributed by atoms with van der Waals surface area (Å²) >= 11 is 0. The molecule has 18 heavy (non-hydrogen) atoms. The number of hydrogen-bond acceptors (Lipinski definition) is 4. The van der Waals surface area contributed by atoms with Crippen molar-refractivity contribution in [1.29, 1.82) is 0 Å². The lowest BCUT2D eigenvalue weighted by molar-refractivity contribution is 0.0594. The van der Waals surface area contributed by atoms with E-state index in [1.54, 1.807) is 0 Å². The summed E-state index contributed by atoms with van der Waals surface area (Å²) in [5.74, 6) is -1.07. The Kier molecular flexibility index (Phi) is 3.23. The van der Waals surface area contributed by atoms with Gasteiger partial charge < -0.3 is 9.84 Å². The fraction of sp³-hybridized carbons (Fsp3) is 0.0769. The molecule has 0 saturated heterocycles. The largest absolute Gasteiger partial charge is 0.506 e. The van der Waals surface area contributed by atoms with E-state index in [2.05, 4.69) is 9.72 Å². The van der Waals surface area contributed by atoms with Crippen LogP contribution in [0.4, 0.5) is 4.39 Å². The molecule has 92 valence electrons. The molecule has 0 fully saturated rings. The van der Waals surface area contributed by atoms with Crippen molar-refractivity contribution in [3.63, 3.8) is 0 Å². The Bertz CT molecular complexity index is 581. The lowest BCUT2D eigenvalue weighted by atomic mass is 10.1. The molecule has 0 amide bonds. The number of esters is 1. The highest BCUT2D eigenvalue weighted by Crippen LogP contribution is 2.27. The smallest absolute Gasteiger partial charge is 0.356 e. The number of rotatable bonds is 2. The van der Waals surface area contributed by atoms with E-state index >= 15 is 0 Å². The number of nitrogens with zero attached hydrogens (tertiary/aromatic N) is 1. The van der Waals surface area contributed by atoms with Crippen LogP contribution in [0.2, 0.25) is 0 Å². The van der Waals surface area contributed by atoms with Crippen LogP contribution in [0, 0.1) is 5.82 Å². The standard InChI is InChI=1S/C13H10FNO3/c1-18-13(17)10-6-7-11(16)12(15-10)8-2-4-9(14)5-3-8/h2-7,16H,1H3. The van der Waals surface area contributed by atoms with E-state index in [4.69, 9.17) is 0 Å². The summed E-state index contributed by atoms with van der Waals surface area (Å²) in [6.07, 6.45) is 0. The summed E-state index contributed by atoms with van der Waals surface area (Å²) in [6.45, 7) is 0. The molecule has 2 aromatic rings. The zero-order valence-electron chi connectivity index (χ0n) is 9.55. The van der Waals surface area contributed by atoms with E-state index in [-0.39, 0.29) is 23.0 Å². The highest BCUT2D eigenvalue weighted by atomic mass is 19.1. The lowest BCUT2D eigenvalue weighted by Crippen LogP contribution is -2.04. The van der Waals surface area contributed by atoms with Crippen LogP contribution < -0.4 is 0 Å². The molecule has 1 aromatic heterocycles. The number of carbonyl (C=O) groups is 1. The molecule has 0 atom stereocenters. The molecule has 5 heteroatoms. The van der Waals surface area contributed by atoms with Gasteiger partial charge in [-0.15, -0.1) is 0 Å². The predicted octanol–water partition coefficient (Wildman–Crippen LogP) is 2.38. The van der Waals surface area contributed by atoms with Gasteiger partial charge in [-0.05, 0) is 36.4 Å². The Labute approximate surface area is 103 Å². The highest BCUT2D eigenvalue weighted by Gasteiger charge is 2.12. The summed E-state index contributed by atoms with van der Waals surface area (Å²) < 4.78 is 17.4. The second kappa shape index (κ2) is 4.83. The molecule has 1 heterocycles. The van der Waals surface area contributed by atoms with Gasteiger partial charge in [0.1, 0.15) is 23.0 Å². The van der Waals surface area contributed by atoms with Gasteiger partial charge in [-0.2, -0.15) is 0 Å². The molecular formula is C13H10FNO3. The topological polar surface area (TPSA) is 59.4 Å². The van der Waals surface area contributed by atoms with Crippen molar-refractivity contribution >= 4 is 5.97 Å². The minimum atomic E-state index is -0.599. The molecule has 0 aliphatic rings. The van der Waals surface area contributed by atoms with Crippen molar-refractivity contribution in [2.75, 3.05) is 7.11 Å². The van der Waals surface area contributed by atoms with Crippen LogP contribution >= 0.6 is 0 Å². The fourth-order valence-corrected chi connectivity index (χ4v) is 1.49. The van der Waals surface area contributed by atoms with E-state index < -0.39 is 5.97 Å². The van der Waals surface area contributed by atoms with Crippen LogP contribution in [0.15, 0.2) is 36.4 Å². The van der Waals surface area contributed by atoms with Crippen LogP contribution in [0.5, 0.6) is 5.75 Å². The highest BCUT2D eigenvalue weighted by molar-refractivity contribution is 5.88. The third kappa shape index (κ3) is 2.29. The van der Waals surface area contributed by atoms with E-state index in [0.29, 0.717) is 5.56 Å². The maximum Gasteiger partial charge on any atom is 0.356 e. The normalized spacial score (nSPS) is 10.1. The van der Waals surface area contributed by atoms with Gasteiger partial charge in [-0.25, -0.2) is 14.2 Å². The number of ether oxygens (including phenoxy) is 1. The van der Waals surface area contributed by atoms with Crippen molar-refractivity contribution in [2.45, 2.75) is 0 Å². The van der Waals surface area contributed by atoms with Crippen LogP contribution in [-0.2, 0) is 4.74 Å². The van der Waals surface area contributed by atoms with Gasteiger partial charge >= 0.3 is 5.97 Å². The molecule has 0 radical (unpaired) electrons. The van der Waals surface area contributed by atoms with Crippen molar-refractivity contribution < 1.29 is 19.0 Å². The Hall–Kier alpha value is -2.43. The number of benzene rings is 1. The SMILES string of the molecule is COC(=O)c1ccc(O)c(-c2ccc(F)cc2)n1. The zero-order chi connectivity index (χ0) is 13.1. The molecule has 4 nitrogen and oxygen atoms in total. The first-order valence-electron chi connectivity index (χ1n) is 5.16. The van der Waals surface area contributed by atoms with Crippen molar-refractivity contribution in [2.24, 2.45) is 0 Å². The van der Waals surface area contributed by atoms with E-state index in [9.17, 15) is 14.3 Å². The van der Waals surface area contributed by atoms with Gasteiger partial charge in [0.2, 0.25) is 0 Å². The third-order valence-electron chi connectivity index (χ3n) is 2.39. The van der Waals surface area contributed by atoms with Gasteiger partial charge in [-0.3, -0.25) is 0 Å². The second-order valence-electron chi connectivity index (χ2n) is 3.56. The maximum atomic E-state index is 12.8. The molecule has 2 rings (SSSR count). The molecule has 0 unspecified atom stereocenters. The van der Waals surface area contributed by atoms with Crippen molar-refractivity contribution in [1.82, 2.24) is 4.98 Å². The first-order valence-corrected chi connectivity index (χ1v) is 5.16. The van der Waals surface area contributed by atoms with Gasteiger partial charge in [-0.1, -0.05) is 0 Å². The number of aromatic nitrogens is 1. The Morgan fingerprint density at radius 3 is 2.50 bits per heavy atom. The van der Waals surface area contributed by atoms with Crippen LogP contribution in [0.25, 0.3) is 11.3 Å². The molecular weight excluding hydrogens is 237 g/mol. The van der Waals surface area contributed by atoms with E-state index in [1.807, 2.05) is 0 Å². The lowest BCUT2D eigenvalue weighted by Gasteiger charge is -2.06. The number of carbonyl (C=O) groups excluding carboxylic acids is 1. The van der Waals surface area contributed by atoms with Gasteiger partial charge in [0.25, 0.3) is 0 Å². The average Bonchev–Trinajstić information content (AvgIpc) is 2.39. The minimum Gasteiger partial charge on any atom is -0.506 e. The fourth-order valence-electron chi connectivity index (χ4n) is 1.49. The average molecular weight is 247 g/mol. The Morgan fingerprint density at radius 1 is 1.22 bits per heavy atom. The molecule has 1 N–H and O–H groups in total. The summed E-state index contributed by atoms with van der Waals surface area (Å²) in [5.41, 5.74) is 0.798. The van der Waals surface area contributed by atoms with Crippen LogP contribution in [0.3, 0.4) is 0 Å². The minimum absolute atomic E-state index is 0.0784. The number of aromatic hydroxyl groups is 1. The van der Waals surface area contributed by atoms with Crippen molar-refractivity contribution in [3.05, 3.63) is 47.9 Å². The van der Waals surface area contributed by atoms with Crippen molar-refractivity contribution in [3.8, 4) is 17.0 Å². The first-order chi connectivity index (χ1) is 8.61. The maximum absolute atomic E-state index is 12.8. The summed E-state index contributed by atoms with van der Waals surface area (Å²) in [7, 11) is 1.24. The molecule has 0 bridgehead atoms. The zero-order valence-corrected chi connectivity index (χ0v) is 9.55. The molecule has 1 aromatic carbocycles. The number of methoxy groups -OCH3 is 1. The second-order valence-corrected chi connectivity index (χ2v) is 3.56. The van der Waals surface area contributed by atoms with E-state index in [1.165, 1.54) is 43.5 Å². The Balaban J connectivity index is 2.49. The number of halogens is 1. The predicted molar refractivity (Wildman–Crippen MR) is 62.6 cm³/mol. The third-order valence-corrected chi connectivity index (χ3v) is 2.39. The van der Waals surface area contributed by atoms with Gasteiger partial charge in [0.05, 0.1) is 7.11 Å². The molecule has 0 spiro atoms. The first kappa shape index (κ1) is 12.0. The number of pyridine rings is 1. The number of hydrogen-bond donors (Lipinski definition) is 1. The van der Waals surface area contributed by atoms with Gasteiger partial charge in [0.15, 0.2) is 0 Å². The summed E-state index contributed by atoms with van der Waals surface area (Å²) in [4.78, 5) is 15.3. The van der Waals surface area contributed by atoms with E-state index in [0.717, 1.165) is 0 Å². The molecule has 0 saturated carbocycles. The summed E-state index contributed by atoms with van der Waals surface area (Å²) in [5, 5.41) is 9.70. The van der Waals surface area contributed by atoms with Crippen LogP contribution in [0.1, 0.15) is 10.5 Å². The van der Waals surface area contributed by atoms with Gasteiger partial charge in [0, 0.05) is 5.56 Å². The molecule has 0 aliphatic heterocycles. The molecule has 0 aliphatic carbocycles. The summed E-state index contributed by atoms with van der Waals surface area (Å²) in [6, 6.07) is 8.14. The quantitative estimate of drug-likeness (QED) is 0.828. The Morgan fingerprint density at radius 2 is 1.89 bits per heavy atom.